The molecule has 3 heteroatoms. The van der Waals surface area contributed by atoms with Crippen molar-refractivity contribution in [1.82, 2.24) is 0 Å². The van der Waals surface area contributed by atoms with Crippen molar-refractivity contribution in [3.63, 3.8) is 0 Å². The number of aliphatic carboxylic acids is 1. The topological polar surface area (TPSA) is 49.8 Å². The van der Waals surface area contributed by atoms with Crippen LogP contribution in [0, 0.1) is 5.92 Å². The third kappa shape index (κ3) is 3.35. The lowest BCUT2D eigenvalue weighted by atomic mass is 9.97. The van der Waals surface area contributed by atoms with Crippen LogP contribution in [0.15, 0.2) is 0 Å². The summed E-state index contributed by atoms with van der Waals surface area (Å²) < 4.78 is 5.41. The van der Waals surface area contributed by atoms with E-state index in [0.717, 1.165) is 12.8 Å². The van der Waals surface area contributed by atoms with Gasteiger partial charge in [-0.15, -0.1) is 0 Å². The van der Waals surface area contributed by atoms with Crippen LogP contribution >= 0.6 is 0 Å². The van der Waals surface area contributed by atoms with Crippen molar-refractivity contribution < 1.29 is 14.6 Å². The van der Waals surface area contributed by atoms with Gasteiger partial charge in [-0.2, -0.15) is 0 Å². The van der Waals surface area contributed by atoms with E-state index in [2.05, 4.69) is 13.8 Å². The minimum Gasteiger partial charge on any atom is -0.481 e. The van der Waals surface area contributed by atoms with Crippen LogP contribution in [0.4, 0.5) is 0 Å². The van der Waals surface area contributed by atoms with Crippen molar-refractivity contribution >= 4 is 5.97 Å². The fourth-order valence-electron chi connectivity index (χ4n) is 1.58. The summed E-state index contributed by atoms with van der Waals surface area (Å²) in [5, 5.41) is 8.54. The van der Waals surface area contributed by atoms with Gasteiger partial charge >= 0.3 is 5.97 Å². The van der Waals surface area contributed by atoms with E-state index >= 15 is 0 Å². The standard InChI is InChI=1S/C10H18O3/c1-7(6-9(11)12)4-5-8-10(2,3)13-8/h7-8H,4-6H2,1-3H3,(H,11,12)/t7?,8-/m0/s1. The summed E-state index contributed by atoms with van der Waals surface area (Å²) >= 11 is 0. The van der Waals surface area contributed by atoms with Crippen LogP contribution in [0.2, 0.25) is 0 Å². The highest BCUT2D eigenvalue weighted by Crippen LogP contribution is 2.39. The van der Waals surface area contributed by atoms with Gasteiger partial charge < -0.3 is 9.84 Å². The second-order valence-corrected chi connectivity index (χ2v) is 4.49. The molecule has 1 heterocycles. The molecule has 0 spiro atoms. The molecule has 0 bridgehead atoms. The van der Waals surface area contributed by atoms with Crippen molar-refractivity contribution in [2.75, 3.05) is 0 Å². The largest absolute Gasteiger partial charge is 0.481 e. The number of carboxylic acids is 1. The molecule has 1 rings (SSSR count). The molecule has 2 atom stereocenters. The maximum absolute atomic E-state index is 10.4. The first kappa shape index (κ1) is 10.5. The van der Waals surface area contributed by atoms with Gasteiger partial charge in [-0.05, 0) is 32.6 Å². The van der Waals surface area contributed by atoms with Gasteiger partial charge in [0, 0.05) is 6.42 Å². The highest BCUT2D eigenvalue weighted by atomic mass is 16.6. The second-order valence-electron chi connectivity index (χ2n) is 4.49. The lowest BCUT2D eigenvalue weighted by molar-refractivity contribution is -0.138. The van der Waals surface area contributed by atoms with E-state index in [1.54, 1.807) is 0 Å². The maximum atomic E-state index is 10.4. The molecule has 0 radical (unpaired) electrons. The molecule has 13 heavy (non-hydrogen) atoms. The molecule has 0 aromatic carbocycles. The molecular weight excluding hydrogens is 168 g/mol. The average molecular weight is 186 g/mol. The molecule has 0 aliphatic carbocycles. The Morgan fingerprint density at radius 3 is 2.54 bits per heavy atom. The molecule has 1 aliphatic rings. The van der Waals surface area contributed by atoms with Gasteiger partial charge in [-0.1, -0.05) is 6.92 Å². The summed E-state index contributed by atoms with van der Waals surface area (Å²) in [6, 6.07) is 0. The molecule has 1 aliphatic heterocycles. The summed E-state index contributed by atoms with van der Waals surface area (Å²) in [5.74, 6) is -0.444. The Bertz CT molecular complexity index is 198. The highest BCUT2D eigenvalue weighted by Gasteiger charge is 2.46. The van der Waals surface area contributed by atoms with E-state index in [-0.39, 0.29) is 17.9 Å². The van der Waals surface area contributed by atoms with Crippen LogP contribution in [0.3, 0.4) is 0 Å². The quantitative estimate of drug-likeness (QED) is 0.668. The molecule has 0 aromatic rings. The number of rotatable bonds is 5. The smallest absolute Gasteiger partial charge is 0.303 e. The Kier molecular flexibility index (Phi) is 2.96. The molecule has 0 aromatic heterocycles. The van der Waals surface area contributed by atoms with Gasteiger partial charge in [-0.25, -0.2) is 0 Å². The van der Waals surface area contributed by atoms with Gasteiger partial charge in [-0.3, -0.25) is 4.79 Å². The zero-order chi connectivity index (χ0) is 10.1. The first-order valence-corrected chi connectivity index (χ1v) is 4.81. The molecule has 76 valence electrons. The van der Waals surface area contributed by atoms with Gasteiger partial charge in [0.2, 0.25) is 0 Å². The normalized spacial score (nSPS) is 26.8. The number of carboxylic acid groups (broad SMARTS) is 1. The molecule has 1 fully saturated rings. The Morgan fingerprint density at radius 1 is 1.62 bits per heavy atom. The van der Waals surface area contributed by atoms with Crippen LogP contribution in [0.25, 0.3) is 0 Å². The van der Waals surface area contributed by atoms with E-state index in [9.17, 15) is 4.79 Å². The van der Waals surface area contributed by atoms with E-state index < -0.39 is 5.97 Å². The third-order valence-corrected chi connectivity index (χ3v) is 2.61. The Labute approximate surface area is 79.1 Å². The number of ether oxygens (including phenoxy) is 1. The second kappa shape index (κ2) is 3.66. The monoisotopic (exact) mass is 186 g/mol. The van der Waals surface area contributed by atoms with Crippen LogP contribution in [0.5, 0.6) is 0 Å². The third-order valence-electron chi connectivity index (χ3n) is 2.61. The summed E-state index contributed by atoms with van der Waals surface area (Å²) in [5.41, 5.74) is 0.0446. The minimum absolute atomic E-state index is 0.0446. The highest BCUT2D eigenvalue weighted by molar-refractivity contribution is 5.66. The summed E-state index contributed by atoms with van der Waals surface area (Å²) in [6.45, 7) is 6.11. The Morgan fingerprint density at radius 2 is 2.15 bits per heavy atom. The minimum atomic E-state index is -0.705. The molecule has 0 amide bonds. The predicted molar refractivity (Wildman–Crippen MR) is 49.6 cm³/mol. The summed E-state index contributed by atoms with van der Waals surface area (Å²) in [6.07, 6.45) is 2.55. The fourth-order valence-corrected chi connectivity index (χ4v) is 1.58. The van der Waals surface area contributed by atoms with Crippen LogP contribution in [-0.4, -0.2) is 22.8 Å². The molecule has 1 N–H and O–H groups in total. The molecule has 1 unspecified atom stereocenters. The molecule has 0 saturated carbocycles. The van der Waals surface area contributed by atoms with Crippen LogP contribution in [-0.2, 0) is 9.53 Å². The lowest BCUT2D eigenvalue weighted by Crippen LogP contribution is -2.08. The first-order chi connectivity index (χ1) is 5.92. The zero-order valence-electron chi connectivity index (χ0n) is 8.54. The zero-order valence-corrected chi connectivity index (χ0v) is 8.54. The molecule has 3 nitrogen and oxygen atoms in total. The van der Waals surface area contributed by atoms with Gasteiger partial charge in [0.25, 0.3) is 0 Å². The fraction of sp³-hybridized carbons (Fsp3) is 0.900. The van der Waals surface area contributed by atoms with E-state index in [1.165, 1.54) is 0 Å². The van der Waals surface area contributed by atoms with Crippen molar-refractivity contribution in [3.8, 4) is 0 Å². The number of hydrogen-bond donors (Lipinski definition) is 1. The Hall–Kier alpha value is -0.570. The van der Waals surface area contributed by atoms with Crippen molar-refractivity contribution in [3.05, 3.63) is 0 Å². The molecule has 1 saturated heterocycles. The molecular formula is C10H18O3. The van der Waals surface area contributed by atoms with Gasteiger partial charge in [0.15, 0.2) is 0 Å². The average Bonchev–Trinajstić information content (AvgIpc) is 2.53. The lowest BCUT2D eigenvalue weighted by Gasteiger charge is -2.06. The van der Waals surface area contributed by atoms with Crippen molar-refractivity contribution in [2.45, 2.75) is 51.7 Å². The van der Waals surface area contributed by atoms with E-state index in [4.69, 9.17) is 9.84 Å². The summed E-state index contributed by atoms with van der Waals surface area (Å²) in [4.78, 5) is 10.4. The number of carbonyl (C=O) groups is 1. The SMILES string of the molecule is CC(CC[C@@H]1OC1(C)C)CC(=O)O. The van der Waals surface area contributed by atoms with Crippen LogP contribution in [0.1, 0.15) is 40.0 Å². The van der Waals surface area contributed by atoms with Crippen LogP contribution < -0.4 is 0 Å². The van der Waals surface area contributed by atoms with Gasteiger partial charge in [0.1, 0.15) is 0 Å². The van der Waals surface area contributed by atoms with Gasteiger partial charge in [0.05, 0.1) is 11.7 Å². The van der Waals surface area contributed by atoms with Crippen molar-refractivity contribution in [1.29, 1.82) is 0 Å². The van der Waals surface area contributed by atoms with E-state index in [0.29, 0.717) is 6.10 Å². The maximum Gasteiger partial charge on any atom is 0.303 e. The number of epoxide rings is 1. The predicted octanol–water partition coefficient (Wildman–Crippen LogP) is 2.05. The first-order valence-electron chi connectivity index (χ1n) is 4.81. The van der Waals surface area contributed by atoms with Crippen molar-refractivity contribution in [2.24, 2.45) is 5.92 Å². The number of hydrogen-bond acceptors (Lipinski definition) is 2. The Balaban J connectivity index is 2.10. The van der Waals surface area contributed by atoms with E-state index in [1.807, 2.05) is 6.92 Å². The summed E-state index contributed by atoms with van der Waals surface area (Å²) in [7, 11) is 0.